The average Bonchev–Trinajstić information content (AvgIpc) is 3.38. The molecule has 4 rings (SSSR count). The van der Waals surface area contributed by atoms with Gasteiger partial charge in [0.25, 0.3) is 0 Å². The van der Waals surface area contributed by atoms with E-state index in [4.69, 9.17) is 14.2 Å². The molecule has 0 amide bonds. The van der Waals surface area contributed by atoms with E-state index in [-0.39, 0.29) is 6.61 Å². The normalized spacial score (nSPS) is 26.4. The summed E-state index contributed by atoms with van der Waals surface area (Å²) in [5.41, 5.74) is 1.19. The summed E-state index contributed by atoms with van der Waals surface area (Å²) in [5.74, 6) is 2.68. The van der Waals surface area contributed by atoms with Gasteiger partial charge in [-0.3, -0.25) is 9.80 Å². The summed E-state index contributed by atoms with van der Waals surface area (Å²) in [7, 11) is 1.65. The first-order valence-electron chi connectivity index (χ1n) is 9.86. The topological polar surface area (TPSA) is 54.4 Å². The van der Waals surface area contributed by atoms with Gasteiger partial charge < -0.3 is 19.3 Å². The number of nitrogens with zero attached hydrogens (tertiary/aromatic N) is 2. The number of methoxy groups -OCH3 is 1. The summed E-state index contributed by atoms with van der Waals surface area (Å²) in [6, 6.07) is 6.05. The van der Waals surface area contributed by atoms with Gasteiger partial charge in [0, 0.05) is 51.1 Å². The van der Waals surface area contributed by atoms with Crippen molar-refractivity contribution in [1.29, 1.82) is 0 Å². The zero-order valence-corrected chi connectivity index (χ0v) is 16.0. The molecule has 27 heavy (non-hydrogen) atoms. The number of hydrogen-bond acceptors (Lipinski definition) is 6. The molecule has 0 bridgehead atoms. The second kappa shape index (κ2) is 8.61. The number of β-amino-alcohol motifs (C(OH)–C–C–N with tert-alkyl or cyclic N) is 1. The van der Waals surface area contributed by atoms with E-state index in [0.29, 0.717) is 29.9 Å². The number of hydrogen-bond donors (Lipinski definition) is 1. The Morgan fingerprint density at radius 2 is 1.85 bits per heavy atom. The quantitative estimate of drug-likeness (QED) is 0.694. The van der Waals surface area contributed by atoms with Gasteiger partial charge in [-0.25, -0.2) is 0 Å². The Labute approximate surface area is 161 Å². The van der Waals surface area contributed by atoms with Crippen LogP contribution in [0.5, 0.6) is 11.5 Å². The van der Waals surface area contributed by atoms with Crippen molar-refractivity contribution in [2.24, 2.45) is 11.8 Å². The number of likely N-dealkylation sites (tertiary alicyclic amines) is 1. The van der Waals surface area contributed by atoms with Crippen LogP contribution in [-0.2, 0) is 11.3 Å². The number of aliphatic hydroxyl groups is 1. The lowest BCUT2D eigenvalue weighted by Gasteiger charge is -2.22. The molecule has 3 aliphatic rings. The Morgan fingerprint density at radius 3 is 2.56 bits per heavy atom. The molecule has 2 saturated heterocycles. The van der Waals surface area contributed by atoms with Crippen molar-refractivity contribution < 1.29 is 19.3 Å². The Bertz CT molecular complexity index is 646. The summed E-state index contributed by atoms with van der Waals surface area (Å²) >= 11 is 0. The van der Waals surface area contributed by atoms with E-state index in [1.54, 1.807) is 7.11 Å². The minimum atomic E-state index is -0.513. The Balaban J connectivity index is 1.29. The highest BCUT2D eigenvalue weighted by Crippen LogP contribution is 2.30. The fourth-order valence-electron chi connectivity index (χ4n) is 4.31. The summed E-state index contributed by atoms with van der Waals surface area (Å²) in [6.45, 7) is 7.55. The third-order valence-electron chi connectivity index (χ3n) is 5.74. The van der Waals surface area contributed by atoms with Gasteiger partial charge in [0.05, 0.1) is 20.3 Å². The van der Waals surface area contributed by atoms with Crippen LogP contribution in [0.2, 0.25) is 0 Å². The van der Waals surface area contributed by atoms with Crippen LogP contribution in [0.3, 0.4) is 0 Å². The molecule has 1 aromatic carbocycles. The molecular weight excluding hydrogens is 344 g/mol. The van der Waals surface area contributed by atoms with Crippen LogP contribution < -0.4 is 9.47 Å². The van der Waals surface area contributed by atoms with Crippen LogP contribution in [0, 0.1) is 11.8 Å². The van der Waals surface area contributed by atoms with Crippen LogP contribution in [0.15, 0.2) is 30.4 Å². The molecule has 0 aromatic heterocycles. The molecule has 0 saturated carbocycles. The number of benzene rings is 1. The van der Waals surface area contributed by atoms with Gasteiger partial charge in [0.2, 0.25) is 0 Å². The largest absolute Gasteiger partial charge is 0.493 e. The Kier molecular flexibility index (Phi) is 5.98. The first kappa shape index (κ1) is 18.7. The summed E-state index contributed by atoms with van der Waals surface area (Å²) in [6.07, 6.45) is 3.87. The second-order valence-electron chi connectivity index (χ2n) is 7.89. The maximum Gasteiger partial charge on any atom is 0.161 e. The van der Waals surface area contributed by atoms with Crippen molar-refractivity contribution in [1.82, 2.24) is 9.80 Å². The van der Waals surface area contributed by atoms with Crippen LogP contribution in [-0.4, -0.2) is 80.7 Å². The van der Waals surface area contributed by atoms with Crippen LogP contribution >= 0.6 is 0 Å². The van der Waals surface area contributed by atoms with Crippen molar-refractivity contribution in [3.8, 4) is 11.5 Å². The van der Waals surface area contributed by atoms with Gasteiger partial charge in [-0.15, -0.1) is 0 Å². The Morgan fingerprint density at radius 1 is 1.11 bits per heavy atom. The molecule has 0 aliphatic carbocycles. The standard InChI is InChI=1S/C21H30N2O4/c1-25-20-5-4-16(9-22-6-2-3-7-22)8-21(20)27-15-19(24)12-23-10-17-13-26-14-18(17)11-23/h2-5,8,17-19,24H,6-7,9-15H2,1H3/t17-,18+,19?. The molecule has 0 radical (unpaired) electrons. The van der Waals surface area contributed by atoms with E-state index in [1.165, 1.54) is 5.56 Å². The third kappa shape index (κ3) is 4.63. The molecule has 6 nitrogen and oxygen atoms in total. The zero-order valence-electron chi connectivity index (χ0n) is 16.0. The van der Waals surface area contributed by atoms with Gasteiger partial charge in [0.15, 0.2) is 11.5 Å². The van der Waals surface area contributed by atoms with Gasteiger partial charge in [-0.05, 0) is 17.7 Å². The molecule has 6 heteroatoms. The lowest BCUT2D eigenvalue weighted by atomic mass is 10.0. The van der Waals surface area contributed by atoms with Gasteiger partial charge >= 0.3 is 0 Å². The molecule has 1 aromatic rings. The van der Waals surface area contributed by atoms with E-state index in [1.807, 2.05) is 12.1 Å². The van der Waals surface area contributed by atoms with E-state index in [2.05, 4.69) is 28.0 Å². The van der Waals surface area contributed by atoms with Gasteiger partial charge in [0.1, 0.15) is 12.7 Å². The summed E-state index contributed by atoms with van der Waals surface area (Å²) in [4.78, 5) is 4.69. The van der Waals surface area contributed by atoms with E-state index >= 15 is 0 Å². The molecule has 3 atom stereocenters. The smallest absolute Gasteiger partial charge is 0.161 e. The molecule has 2 fully saturated rings. The van der Waals surface area contributed by atoms with Crippen LogP contribution in [0.4, 0.5) is 0 Å². The maximum atomic E-state index is 10.4. The predicted octanol–water partition coefficient (Wildman–Crippen LogP) is 1.38. The lowest BCUT2D eigenvalue weighted by molar-refractivity contribution is 0.0666. The fourth-order valence-corrected chi connectivity index (χ4v) is 4.31. The fraction of sp³-hybridized carbons (Fsp3) is 0.619. The van der Waals surface area contributed by atoms with Crippen LogP contribution in [0.1, 0.15) is 5.56 Å². The highest BCUT2D eigenvalue weighted by molar-refractivity contribution is 5.43. The molecule has 3 heterocycles. The number of ether oxygens (including phenoxy) is 3. The van der Waals surface area contributed by atoms with E-state index in [0.717, 1.165) is 45.9 Å². The highest BCUT2D eigenvalue weighted by Gasteiger charge is 2.37. The Hall–Kier alpha value is -1.60. The molecule has 148 valence electrons. The monoisotopic (exact) mass is 374 g/mol. The zero-order chi connectivity index (χ0) is 18.6. The number of aliphatic hydroxyl groups excluding tert-OH is 1. The minimum absolute atomic E-state index is 0.271. The van der Waals surface area contributed by atoms with Crippen LogP contribution in [0.25, 0.3) is 0 Å². The van der Waals surface area contributed by atoms with E-state index < -0.39 is 6.10 Å². The third-order valence-corrected chi connectivity index (χ3v) is 5.74. The van der Waals surface area contributed by atoms with Crippen molar-refractivity contribution in [3.63, 3.8) is 0 Å². The van der Waals surface area contributed by atoms with Crippen molar-refractivity contribution >= 4 is 0 Å². The van der Waals surface area contributed by atoms with Crippen molar-refractivity contribution in [3.05, 3.63) is 35.9 Å². The average molecular weight is 374 g/mol. The molecule has 0 spiro atoms. The summed E-state index contributed by atoms with van der Waals surface area (Å²) < 4.78 is 16.9. The van der Waals surface area contributed by atoms with Gasteiger partial charge in [-0.1, -0.05) is 18.2 Å². The molecule has 3 aliphatic heterocycles. The number of fused-ring (bicyclic) bond motifs is 1. The first-order valence-corrected chi connectivity index (χ1v) is 9.86. The molecular formula is C21H30N2O4. The van der Waals surface area contributed by atoms with Crippen molar-refractivity contribution in [2.75, 3.05) is 59.7 Å². The SMILES string of the molecule is COc1ccc(CN2CC=CC2)cc1OCC(O)CN1C[C@H]2COC[C@H]2C1. The molecule has 1 unspecified atom stereocenters. The molecule has 1 N–H and O–H groups in total. The first-order chi connectivity index (χ1) is 13.2. The maximum absolute atomic E-state index is 10.4. The highest BCUT2D eigenvalue weighted by atomic mass is 16.5. The lowest BCUT2D eigenvalue weighted by Crippen LogP contribution is -2.35. The predicted molar refractivity (Wildman–Crippen MR) is 103 cm³/mol. The van der Waals surface area contributed by atoms with E-state index in [9.17, 15) is 5.11 Å². The summed E-state index contributed by atoms with van der Waals surface area (Å²) in [5, 5.41) is 10.4. The van der Waals surface area contributed by atoms with Gasteiger partial charge in [-0.2, -0.15) is 0 Å². The second-order valence-corrected chi connectivity index (χ2v) is 7.89. The minimum Gasteiger partial charge on any atom is -0.493 e. The number of rotatable bonds is 8. The van der Waals surface area contributed by atoms with Crippen molar-refractivity contribution in [2.45, 2.75) is 12.6 Å².